The second-order valence-corrected chi connectivity index (χ2v) is 2.48. The first-order chi connectivity index (χ1) is 4.75. The molecule has 0 radical (unpaired) electrons. The number of halogens is 1. The molecule has 0 N–H and O–H groups in total. The zero-order valence-electron chi connectivity index (χ0n) is 5.55. The molecular formula is C8H8ClN. The van der Waals surface area contributed by atoms with Gasteiger partial charge in [-0.3, -0.25) is 4.99 Å². The van der Waals surface area contributed by atoms with Crippen molar-refractivity contribution in [3.63, 3.8) is 0 Å². The minimum atomic E-state index is -0.192. The maximum absolute atomic E-state index is 5.88. The normalized spacial score (nSPS) is 24.3. The SMILES string of the molecule is C=NC1=CC=CC(=C)C1Cl. The first-order valence-electron chi connectivity index (χ1n) is 2.93. The Labute approximate surface area is 65.4 Å². The second-order valence-electron chi connectivity index (χ2n) is 2.05. The average molecular weight is 154 g/mol. The van der Waals surface area contributed by atoms with Gasteiger partial charge in [0.25, 0.3) is 0 Å². The Morgan fingerprint density at radius 2 is 2.30 bits per heavy atom. The maximum atomic E-state index is 5.88. The van der Waals surface area contributed by atoms with E-state index in [9.17, 15) is 0 Å². The van der Waals surface area contributed by atoms with Gasteiger partial charge in [0.1, 0.15) is 5.38 Å². The third-order valence-electron chi connectivity index (χ3n) is 1.35. The van der Waals surface area contributed by atoms with Gasteiger partial charge in [-0.05, 0) is 18.4 Å². The largest absolute Gasteiger partial charge is 0.267 e. The van der Waals surface area contributed by atoms with Gasteiger partial charge in [-0.25, -0.2) is 0 Å². The summed E-state index contributed by atoms with van der Waals surface area (Å²) in [5.74, 6) is 0. The van der Waals surface area contributed by atoms with Gasteiger partial charge in [0.15, 0.2) is 0 Å². The number of hydrogen-bond acceptors (Lipinski definition) is 1. The van der Waals surface area contributed by atoms with Crippen molar-refractivity contribution in [3.05, 3.63) is 36.1 Å². The number of alkyl halides is 1. The molecule has 1 aliphatic carbocycles. The van der Waals surface area contributed by atoms with E-state index in [-0.39, 0.29) is 5.38 Å². The predicted molar refractivity (Wildman–Crippen MR) is 45.6 cm³/mol. The number of nitrogens with zero attached hydrogens (tertiary/aromatic N) is 1. The highest BCUT2D eigenvalue weighted by atomic mass is 35.5. The van der Waals surface area contributed by atoms with Gasteiger partial charge in [-0.15, -0.1) is 11.6 Å². The van der Waals surface area contributed by atoms with Crippen LogP contribution >= 0.6 is 11.6 Å². The number of hydrogen-bond donors (Lipinski definition) is 0. The summed E-state index contributed by atoms with van der Waals surface area (Å²) in [6.07, 6.45) is 5.57. The van der Waals surface area contributed by atoms with E-state index >= 15 is 0 Å². The molecule has 0 aliphatic heterocycles. The van der Waals surface area contributed by atoms with Gasteiger partial charge in [-0.1, -0.05) is 18.7 Å². The number of aliphatic imine (C=N–C) groups is 1. The molecule has 1 atom stereocenters. The van der Waals surface area contributed by atoms with Crippen LogP contribution in [0.1, 0.15) is 0 Å². The molecule has 1 unspecified atom stereocenters. The summed E-state index contributed by atoms with van der Waals surface area (Å²) in [7, 11) is 0. The summed E-state index contributed by atoms with van der Waals surface area (Å²) in [6, 6.07) is 0. The van der Waals surface area contributed by atoms with Gasteiger partial charge in [0.05, 0.1) is 5.70 Å². The minimum Gasteiger partial charge on any atom is -0.267 e. The quantitative estimate of drug-likeness (QED) is 0.405. The van der Waals surface area contributed by atoms with Gasteiger partial charge in [0.2, 0.25) is 0 Å². The summed E-state index contributed by atoms with van der Waals surface area (Å²) >= 11 is 5.88. The third-order valence-corrected chi connectivity index (χ3v) is 1.85. The molecular weight excluding hydrogens is 146 g/mol. The molecule has 2 heteroatoms. The molecule has 0 saturated heterocycles. The van der Waals surface area contributed by atoms with Crippen LogP contribution in [0.25, 0.3) is 0 Å². The fourth-order valence-electron chi connectivity index (χ4n) is 0.762. The zero-order valence-corrected chi connectivity index (χ0v) is 6.30. The Kier molecular flexibility index (Phi) is 2.07. The molecule has 1 aliphatic rings. The van der Waals surface area contributed by atoms with Crippen molar-refractivity contribution >= 4 is 18.3 Å². The molecule has 0 aromatic rings. The van der Waals surface area contributed by atoms with Crippen LogP contribution in [0.15, 0.2) is 41.1 Å². The Bertz CT molecular complexity index is 225. The number of rotatable bonds is 1. The molecule has 0 heterocycles. The predicted octanol–water partition coefficient (Wildman–Crippen LogP) is 2.30. The summed E-state index contributed by atoms with van der Waals surface area (Å²) in [5, 5.41) is -0.192. The molecule has 10 heavy (non-hydrogen) atoms. The molecule has 0 fully saturated rings. The standard InChI is InChI=1S/C8H8ClN/c1-6-4-3-5-7(10-2)8(6)9/h3-5,8H,1-2H2. The van der Waals surface area contributed by atoms with E-state index in [1.54, 1.807) is 0 Å². The number of allylic oxidation sites excluding steroid dienone is 4. The van der Waals surface area contributed by atoms with E-state index in [1.165, 1.54) is 0 Å². The van der Waals surface area contributed by atoms with Gasteiger partial charge in [0, 0.05) is 0 Å². The fourth-order valence-corrected chi connectivity index (χ4v) is 0.977. The van der Waals surface area contributed by atoms with Crippen molar-refractivity contribution in [2.75, 3.05) is 0 Å². The Hall–Kier alpha value is -0.820. The van der Waals surface area contributed by atoms with Crippen LogP contribution in [0.5, 0.6) is 0 Å². The van der Waals surface area contributed by atoms with E-state index in [1.807, 2.05) is 18.2 Å². The van der Waals surface area contributed by atoms with Crippen LogP contribution in [0.3, 0.4) is 0 Å². The van der Waals surface area contributed by atoms with E-state index in [0.717, 1.165) is 11.3 Å². The molecule has 0 amide bonds. The van der Waals surface area contributed by atoms with Gasteiger partial charge < -0.3 is 0 Å². The summed E-state index contributed by atoms with van der Waals surface area (Å²) in [4.78, 5) is 3.75. The second kappa shape index (κ2) is 2.84. The lowest BCUT2D eigenvalue weighted by molar-refractivity contribution is 1.12. The Morgan fingerprint density at radius 3 is 2.80 bits per heavy atom. The molecule has 1 nitrogen and oxygen atoms in total. The van der Waals surface area contributed by atoms with Crippen LogP contribution in [0, 0.1) is 0 Å². The molecule has 0 bridgehead atoms. The van der Waals surface area contributed by atoms with Gasteiger partial charge in [-0.2, -0.15) is 0 Å². The van der Waals surface area contributed by atoms with E-state index < -0.39 is 0 Å². The first kappa shape index (κ1) is 7.29. The molecule has 52 valence electrons. The van der Waals surface area contributed by atoms with E-state index in [4.69, 9.17) is 11.6 Å². The summed E-state index contributed by atoms with van der Waals surface area (Å²) in [5.41, 5.74) is 1.64. The van der Waals surface area contributed by atoms with Crippen LogP contribution in [0.2, 0.25) is 0 Å². The average Bonchev–Trinajstić information content (AvgIpc) is 1.95. The molecule has 0 spiro atoms. The van der Waals surface area contributed by atoms with Crippen LogP contribution in [-0.4, -0.2) is 12.1 Å². The van der Waals surface area contributed by atoms with Crippen LogP contribution < -0.4 is 0 Å². The monoisotopic (exact) mass is 153 g/mol. The lowest BCUT2D eigenvalue weighted by Gasteiger charge is -2.12. The van der Waals surface area contributed by atoms with Crippen molar-refractivity contribution < 1.29 is 0 Å². The minimum absolute atomic E-state index is 0.192. The molecule has 0 aromatic carbocycles. The van der Waals surface area contributed by atoms with Crippen LogP contribution in [0.4, 0.5) is 0 Å². The van der Waals surface area contributed by atoms with Crippen molar-refractivity contribution in [1.29, 1.82) is 0 Å². The van der Waals surface area contributed by atoms with Crippen molar-refractivity contribution in [1.82, 2.24) is 0 Å². The highest BCUT2D eigenvalue weighted by Gasteiger charge is 2.13. The van der Waals surface area contributed by atoms with Crippen molar-refractivity contribution in [2.45, 2.75) is 5.38 Å². The highest BCUT2D eigenvalue weighted by molar-refractivity contribution is 6.24. The summed E-state index contributed by atoms with van der Waals surface area (Å²) in [6.45, 7) is 7.14. The fraction of sp³-hybridized carbons (Fsp3) is 0.125. The smallest absolute Gasteiger partial charge is 0.100 e. The van der Waals surface area contributed by atoms with Crippen molar-refractivity contribution in [3.8, 4) is 0 Å². The van der Waals surface area contributed by atoms with Crippen molar-refractivity contribution in [2.24, 2.45) is 4.99 Å². The lowest BCUT2D eigenvalue weighted by atomic mass is 10.1. The van der Waals surface area contributed by atoms with Crippen LogP contribution in [-0.2, 0) is 0 Å². The highest BCUT2D eigenvalue weighted by Crippen LogP contribution is 2.22. The van der Waals surface area contributed by atoms with E-state index in [0.29, 0.717) is 0 Å². The topological polar surface area (TPSA) is 12.4 Å². The lowest BCUT2D eigenvalue weighted by Crippen LogP contribution is -2.05. The van der Waals surface area contributed by atoms with Gasteiger partial charge >= 0.3 is 0 Å². The van der Waals surface area contributed by atoms with E-state index in [2.05, 4.69) is 18.3 Å². The molecule has 0 saturated carbocycles. The Morgan fingerprint density at radius 1 is 1.60 bits per heavy atom. The Balaban J connectivity index is 2.91. The third kappa shape index (κ3) is 1.19. The maximum Gasteiger partial charge on any atom is 0.100 e. The molecule has 1 rings (SSSR count). The molecule has 0 aromatic heterocycles. The zero-order chi connectivity index (χ0) is 7.56. The first-order valence-corrected chi connectivity index (χ1v) is 3.37. The summed E-state index contributed by atoms with van der Waals surface area (Å²) < 4.78 is 0.